The highest BCUT2D eigenvalue weighted by Gasteiger charge is 2.39. The Labute approximate surface area is 270 Å². The van der Waals surface area contributed by atoms with Gasteiger partial charge in [-0.15, -0.1) is 0 Å². The Kier molecular flexibility index (Phi) is 7.24. The highest BCUT2D eigenvalue weighted by atomic mass is 16.2. The van der Waals surface area contributed by atoms with E-state index in [1.165, 1.54) is 9.80 Å². The van der Waals surface area contributed by atoms with E-state index < -0.39 is 0 Å². The smallest absolute Gasteiger partial charge is 0.262 e. The van der Waals surface area contributed by atoms with Crippen molar-refractivity contribution in [3.63, 3.8) is 0 Å². The van der Waals surface area contributed by atoms with Gasteiger partial charge in [-0.1, -0.05) is 97.1 Å². The summed E-state index contributed by atoms with van der Waals surface area (Å²) in [7, 11) is 0. The van der Waals surface area contributed by atoms with Crippen LogP contribution >= 0.6 is 0 Å². The van der Waals surface area contributed by atoms with Gasteiger partial charge in [0.15, 0.2) is 0 Å². The monoisotopic (exact) mass is 620 g/mol. The van der Waals surface area contributed by atoms with Crippen LogP contribution in [0.4, 0.5) is 0 Å². The minimum Gasteiger partial charge on any atom is -0.315 e. The maximum atomic E-state index is 13.5. The van der Waals surface area contributed by atoms with Gasteiger partial charge in [0.2, 0.25) is 0 Å². The summed E-state index contributed by atoms with van der Waals surface area (Å²) in [4.78, 5) is 56.6. The van der Waals surface area contributed by atoms with Gasteiger partial charge in [0.1, 0.15) is 0 Å². The molecule has 0 unspecified atom stereocenters. The maximum Gasteiger partial charge on any atom is 0.262 e. The normalized spacial score (nSPS) is 14.4. The number of carbonyl (C=O) groups excluding carboxylic acids is 4. The molecule has 0 radical (unpaired) electrons. The van der Waals surface area contributed by atoms with Crippen molar-refractivity contribution in [1.29, 1.82) is 0 Å². The molecule has 0 atom stereocenters. The van der Waals surface area contributed by atoms with Gasteiger partial charge in [-0.05, 0) is 62.6 Å². The molecule has 6 aromatic rings. The van der Waals surface area contributed by atoms with Crippen LogP contribution in [0, 0.1) is 0 Å². The summed E-state index contributed by atoms with van der Waals surface area (Å²) in [5.41, 5.74) is 1.97. The van der Waals surface area contributed by atoms with Crippen LogP contribution in [0.2, 0.25) is 0 Å². The van der Waals surface area contributed by atoms with Crippen molar-refractivity contribution >= 4 is 66.7 Å². The molecule has 2 aliphatic heterocycles. The highest BCUT2D eigenvalue weighted by Crippen LogP contribution is 2.39. The van der Waals surface area contributed by atoms with Crippen molar-refractivity contribution < 1.29 is 19.2 Å². The number of hydrogen-bond donors (Lipinski definition) is 2. The Bertz CT molecular complexity index is 1980. The first kappa shape index (κ1) is 29.0. The second-order valence-corrected chi connectivity index (χ2v) is 12.1. The first-order valence-electron chi connectivity index (χ1n) is 16.1. The van der Waals surface area contributed by atoms with E-state index in [-0.39, 0.29) is 36.7 Å². The summed E-state index contributed by atoms with van der Waals surface area (Å²) in [6, 6.07) is 31.1. The molecule has 2 heterocycles. The number of amides is 4. The summed E-state index contributed by atoms with van der Waals surface area (Å²) >= 11 is 0. The molecular formula is C39H32N4O4. The molecule has 0 bridgehead atoms. The molecule has 8 nitrogen and oxygen atoms in total. The van der Waals surface area contributed by atoms with Crippen LogP contribution in [0.25, 0.3) is 43.1 Å². The topological polar surface area (TPSA) is 98.8 Å². The third kappa shape index (κ3) is 4.60. The Morgan fingerprint density at radius 3 is 0.894 bits per heavy atom. The first-order chi connectivity index (χ1) is 23.1. The summed E-state index contributed by atoms with van der Waals surface area (Å²) in [6.07, 6.45) is 0.800. The van der Waals surface area contributed by atoms with E-state index in [1.54, 1.807) is 0 Å². The molecular weight excluding hydrogens is 588 g/mol. The van der Waals surface area contributed by atoms with Gasteiger partial charge < -0.3 is 10.6 Å². The fourth-order valence-corrected chi connectivity index (χ4v) is 7.27. The average molecular weight is 621 g/mol. The first-order valence-corrected chi connectivity index (χ1v) is 16.1. The lowest BCUT2D eigenvalue weighted by molar-refractivity contribution is 0.0642. The van der Waals surface area contributed by atoms with E-state index >= 15 is 0 Å². The minimum atomic E-state index is -0.246. The number of rotatable bonds is 10. The standard InChI is InChI=1S/C39H32N4O4/c44-36-32-28-14-5-1-10-24(28)25-11-2-6-15-29(25)33(32)37(45)42(36)22-20-40-18-9-19-41-21-23-43-38(46)34-30-16-7-3-12-26(30)27-13-4-8-17-31(27)35(34)39(43)47/h1-8,10-17,40-41H,9,18-23H2. The lowest BCUT2D eigenvalue weighted by Crippen LogP contribution is -2.38. The second-order valence-electron chi connectivity index (χ2n) is 12.1. The van der Waals surface area contributed by atoms with Crippen molar-refractivity contribution in [1.82, 2.24) is 20.4 Å². The SMILES string of the molecule is O=C1c2c(c3ccccc3c3ccccc23)C(=O)N1CCNCCCNCCN1C(=O)c2c(c3ccccc3c3ccccc23)C1=O. The zero-order chi connectivity index (χ0) is 32.1. The number of imide groups is 2. The Morgan fingerprint density at radius 2 is 0.617 bits per heavy atom. The Morgan fingerprint density at radius 1 is 0.362 bits per heavy atom. The van der Waals surface area contributed by atoms with Gasteiger partial charge in [0.05, 0.1) is 22.3 Å². The quantitative estimate of drug-likeness (QED) is 0.115. The van der Waals surface area contributed by atoms with Gasteiger partial charge in [0.25, 0.3) is 23.6 Å². The van der Waals surface area contributed by atoms with Crippen molar-refractivity contribution in [2.45, 2.75) is 6.42 Å². The van der Waals surface area contributed by atoms with Gasteiger partial charge in [-0.3, -0.25) is 29.0 Å². The van der Waals surface area contributed by atoms with Crippen molar-refractivity contribution in [3.8, 4) is 0 Å². The van der Waals surface area contributed by atoms with Crippen LogP contribution < -0.4 is 10.6 Å². The van der Waals surface area contributed by atoms with E-state index in [1.807, 2.05) is 97.1 Å². The Balaban J connectivity index is 0.839. The lowest BCUT2D eigenvalue weighted by atomic mass is 9.93. The fourth-order valence-electron chi connectivity index (χ4n) is 7.27. The van der Waals surface area contributed by atoms with Crippen LogP contribution in [-0.2, 0) is 0 Å². The molecule has 0 fully saturated rings. The lowest BCUT2D eigenvalue weighted by Gasteiger charge is -2.15. The number of hydrogen-bond acceptors (Lipinski definition) is 6. The third-order valence-electron chi connectivity index (χ3n) is 9.43. The zero-order valence-electron chi connectivity index (χ0n) is 25.7. The molecule has 0 aromatic heterocycles. The Hall–Kier alpha value is -5.44. The summed E-state index contributed by atoms with van der Waals surface area (Å²) in [6.45, 7) is 2.91. The fraction of sp³-hybridized carbons (Fsp3) is 0.179. The minimum absolute atomic E-state index is 0.246. The van der Waals surface area contributed by atoms with E-state index in [2.05, 4.69) is 10.6 Å². The predicted octanol–water partition coefficient (Wildman–Crippen LogP) is 5.76. The number of benzene rings is 6. The van der Waals surface area contributed by atoms with Crippen LogP contribution in [-0.4, -0.2) is 72.7 Å². The summed E-state index contributed by atoms with van der Waals surface area (Å²) < 4.78 is 0. The van der Waals surface area contributed by atoms with Crippen molar-refractivity contribution in [2.75, 3.05) is 39.3 Å². The van der Waals surface area contributed by atoms with Crippen LogP contribution in [0.3, 0.4) is 0 Å². The van der Waals surface area contributed by atoms with Gasteiger partial charge in [-0.2, -0.15) is 0 Å². The van der Waals surface area contributed by atoms with Gasteiger partial charge in [-0.25, -0.2) is 0 Å². The van der Waals surface area contributed by atoms with Crippen LogP contribution in [0.5, 0.6) is 0 Å². The number of carbonyl (C=O) groups is 4. The summed E-state index contributed by atoms with van der Waals surface area (Å²) in [5, 5.41) is 13.8. The van der Waals surface area contributed by atoms with Gasteiger partial charge in [0, 0.05) is 26.2 Å². The molecule has 47 heavy (non-hydrogen) atoms. The average Bonchev–Trinajstić information content (AvgIpc) is 3.52. The molecule has 232 valence electrons. The highest BCUT2D eigenvalue weighted by molar-refractivity contribution is 6.34. The van der Waals surface area contributed by atoms with Crippen LogP contribution in [0.15, 0.2) is 97.1 Å². The molecule has 4 amide bonds. The van der Waals surface area contributed by atoms with E-state index in [0.29, 0.717) is 48.4 Å². The summed E-state index contributed by atoms with van der Waals surface area (Å²) in [5.74, 6) is -0.983. The largest absolute Gasteiger partial charge is 0.315 e. The molecule has 0 spiro atoms. The number of fused-ring (bicyclic) bond motifs is 12. The van der Waals surface area contributed by atoms with Crippen molar-refractivity contribution in [2.24, 2.45) is 0 Å². The molecule has 6 aromatic carbocycles. The van der Waals surface area contributed by atoms with E-state index in [4.69, 9.17) is 0 Å². The molecule has 2 aliphatic rings. The second kappa shape index (κ2) is 11.7. The maximum absolute atomic E-state index is 13.5. The molecule has 8 heteroatoms. The zero-order valence-corrected chi connectivity index (χ0v) is 25.7. The third-order valence-corrected chi connectivity index (χ3v) is 9.43. The molecule has 0 saturated carbocycles. The van der Waals surface area contributed by atoms with Gasteiger partial charge >= 0.3 is 0 Å². The molecule has 8 rings (SSSR count). The van der Waals surface area contributed by atoms with Crippen molar-refractivity contribution in [3.05, 3.63) is 119 Å². The van der Waals surface area contributed by atoms with E-state index in [9.17, 15) is 19.2 Å². The van der Waals surface area contributed by atoms with Crippen LogP contribution in [0.1, 0.15) is 47.9 Å². The predicted molar refractivity (Wildman–Crippen MR) is 184 cm³/mol. The van der Waals surface area contributed by atoms with E-state index in [0.717, 1.165) is 49.5 Å². The molecule has 2 N–H and O–H groups in total. The molecule has 0 aliphatic carbocycles. The number of nitrogens with zero attached hydrogens (tertiary/aromatic N) is 2. The number of nitrogens with one attached hydrogen (secondary N) is 2. The molecule has 0 saturated heterocycles.